The summed E-state index contributed by atoms with van der Waals surface area (Å²) in [6.45, 7) is 0.465. The van der Waals surface area contributed by atoms with E-state index in [0.717, 1.165) is 17.5 Å². The summed E-state index contributed by atoms with van der Waals surface area (Å²) in [4.78, 5) is 21.6. The van der Waals surface area contributed by atoms with E-state index in [1.54, 1.807) is 10.1 Å². The highest BCUT2D eigenvalue weighted by molar-refractivity contribution is 7.07. The lowest BCUT2D eigenvalue weighted by molar-refractivity contribution is 0.137. The number of para-hydroxylation sites is 2. The van der Waals surface area contributed by atoms with Crippen molar-refractivity contribution in [3.8, 4) is 11.5 Å². The molecule has 3 aromatic rings. The number of aromatic nitrogens is 3. The Bertz CT molecular complexity index is 851. The van der Waals surface area contributed by atoms with Gasteiger partial charge >= 0.3 is 6.09 Å². The lowest BCUT2D eigenvalue weighted by atomic mass is 9.87. The van der Waals surface area contributed by atoms with Gasteiger partial charge in [0.15, 0.2) is 5.82 Å². The van der Waals surface area contributed by atoms with Crippen molar-refractivity contribution in [2.75, 3.05) is 6.61 Å². The predicted octanol–water partition coefficient (Wildman–Crippen LogP) is 5.11. The van der Waals surface area contributed by atoms with Gasteiger partial charge in [-0.1, -0.05) is 44.2 Å². The molecular weight excluding hydrogens is 334 g/mol. The average molecular weight is 355 g/mol. The third-order valence-corrected chi connectivity index (χ3v) is 5.47. The Labute approximate surface area is 150 Å². The molecule has 0 saturated heterocycles. The Kier molecular flexibility index (Phi) is 4.78. The maximum atomic E-state index is 12.8. The number of imidazole rings is 1. The van der Waals surface area contributed by atoms with Gasteiger partial charge in [0.25, 0.3) is 0 Å². The highest BCUT2D eigenvalue weighted by Crippen LogP contribution is 2.27. The van der Waals surface area contributed by atoms with Crippen LogP contribution in [0.3, 0.4) is 0 Å². The molecule has 0 amide bonds. The van der Waals surface area contributed by atoms with Crippen LogP contribution in [-0.2, 0) is 4.74 Å². The zero-order chi connectivity index (χ0) is 17.1. The SMILES string of the molecule is O=C(OCCC1CCCCC1)n1c(-c2cscn2)nc2ccccc21. The van der Waals surface area contributed by atoms with E-state index in [9.17, 15) is 4.79 Å². The lowest BCUT2D eigenvalue weighted by Crippen LogP contribution is -2.18. The number of carbonyl (C=O) groups excluding carboxylic acids is 1. The third kappa shape index (κ3) is 3.44. The smallest absolute Gasteiger partial charge is 0.420 e. The fourth-order valence-corrected chi connectivity index (χ4v) is 4.09. The zero-order valence-electron chi connectivity index (χ0n) is 14.1. The Hall–Kier alpha value is -2.21. The topological polar surface area (TPSA) is 57.0 Å². The van der Waals surface area contributed by atoms with Crippen LogP contribution in [0.25, 0.3) is 22.6 Å². The second-order valence-electron chi connectivity index (χ2n) is 6.54. The Morgan fingerprint density at radius 2 is 2.08 bits per heavy atom. The van der Waals surface area contributed by atoms with Crippen LogP contribution in [-0.4, -0.2) is 27.2 Å². The Morgan fingerprint density at radius 3 is 2.88 bits per heavy atom. The summed E-state index contributed by atoms with van der Waals surface area (Å²) >= 11 is 1.48. The maximum absolute atomic E-state index is 12.8. The molecule has 1 fully saturated rings. The van der Waals surface area contributed by atoms with E-state index < -0.39 is 0 Å². The van der Waals surface area contributed by atoms with E-state index in [-0.39, 0.29) is 6.09 Å². The fourth-order valence-electron chi connectivity index (χ4n) is 3.56. The Morgan fingerprint density at radius 1 is 1.24 bits per heavy atom. The Balaban J connectivity index is 1.54. The summed E-state index contributed by atoms with van der Waals surface area (Å²) in [6, 6.07) is 7.61. The molecule has 25 heavy (non-hydrogen) atoms. The summed E-state index contributed by atoms with van der Waals surface area (Å²) in [5.74, 6) is 1.24. The van der Waals surface area contributed by atoms with Crippen LogP contribution in [0.1, 0.15) is 38.5 Å². The van der Waals surface area contributed by atoms with Crippen LogP contribution < -0.4 is 0 Å². The molecule has 2 aromatic heterocycles. The number of hydrogen-bond donors (Lipinski definition) is 0. The normalized spacial score (nSPS) is 15.5. The van der Waals surface area contributed by atoms with Gasteiger partial charge in [0, 0.05) is 5.38 Å². The van der Waals surface area contributed by atoms with E-state index in [1.807, 2.05) is 29.6 Å². The predicted molar refractivity (Wildman–Crippen MR) is 98.8 cm³/mol. The minimum absolute atomic E-state index is 0.368. The van der Waals surface area contributed by atoms with Crippen molar-refractivity contribution < 1.29 is 9.53 Å². The second-order valence-corrected chi connectivity index (χ2v) is 7.26. The van der Waals surface area contributed by atoms with Gasteiger partial charge in [0.2, 0.25) is 0 Å². The quantitative estimate of drug-likeness (QED) is 0.652. The van der Waals surface area contributed by atoms with Crippen LogP contribution >= 0.6 is 11.3 Å². The summed E-state index contributed by atoms with van der Waals surface area (Å²) in [5.41, 5.74) is 3.97. The van der Waals surface area contributed by atoms with Crippen LogP contribution in [0.5, 0.6) is 0 Å². The molecule has 0 spiro atoms. The van der Waals surface area contributed by atoms with E-state index in [2.05, 4.69) is 9.97 Å². The second kappa shape index (κ2) is 7.35. The van der Waals surface area contributed by atoms with Crippen molar-refractivity contribution in [1.82, 2.24) is 14.5 Å². The molecule has 0 aliphatic heterocycles. The molecule has 1 aliphatic rings. The summed E-state index contributed by atoms with van der Waals surface area (Å²) in [6.07, 6.45) is 7.05. The number of benzene rings is 1. The fraction of sp³-hybridized carbons (Fsp3) is 0.421. The van der Waals surface area contributed by atoms with Crippen molar-refractivity contribution in [1.29, 1.82) is 0 Å². The van der Waals surface area contributed by atoms with Gasteiger partial charge in [-0.15, -0.1) is 11.3 Å². The van der Waals surface area contributed by atoms with Crippen molar-refractivity contribution in [3.63, 3.8) is 0 Å². The largest absolute Gasteiger partial charge is 0.449 e. The minimum atomic E-state index is -0.368. The van der Waals surface area contributed by atoms with Gasteiger partial charge in [-0.2, -0.15) is 0 Å². The summed E-state index contributed by atoms with van der Waals surface area (Å²) < 4.78 is 7.14. The molecule has 0 unspecified atom stereocenters. The van der Waals surface area contributed by atoms with Gasteiger partial charge in [-0.05, 0) is 24.5 Å². The van der Waals surface area contributed by atoms with Gasteiger partial charge in [0.1, 0.15) is 5.69 Å². The molecule has 130 valence electrons. The van der Waals surface area contributed by atoms with Gasteiger partial charge in [-0.3, -0.25) is 0 Å². The first-order valence-electron chi connectivity index (χ1n) is 8.86. The molecule has 0 bridgehead atoms. The van der Waals surface area contributed by atoms with Crippen molar-refractivity contribution in [2.24, 2.45) is 5.92 Å². The first kappa shape index (κ1) is 16.3. The molecule has 0 radical (unpaired) electrons. The number of carbonyl (C=O) groups is 1. The molecule has 0 N–H and O–H groups in total. The number of ether oxygens (including phenoxy) is 1. The number of fused-ring (bicyclic) bond motifs is 1. The summed E-state index contributed by atoms with van der Waals surface area (Å²) in [7, 11) is 0. The number of thiazole rings is 1. The molecule has 6 heteroatoms. The monoisotopic (exact) mass is 355 g/mol. The van der Waals surface area contributed by atoms with E-state index in [1.165, 1.54) is 43.4 Å². The molecule has 2 heterocycles. The summed E-state index contributed by atoms with van der Waals surface area (Å²) in [5, 5.41) is 1.90. The van der Waals surface area contributed by atoms with Crippen molar-refractivity contribution in [2.45, 2.75) is 38.5 Å². The van der Waals surface area contributed by atoms with Crippen molar-refractivity contribution in [3.05, 3.63) is 35.2 Å². The first-order chi connectivity index (χ1) is 12.3. The van der Waals surface area contributed by atoms with Crippen molar-refractivity contribution >= 4 is 28.5 Å². The molecule has 4 rings (SSSR count). The molecule has 0 atom stereocenters. The van der Waals surface area contributed by atoms with Crippen LogP contribution in [0, 0.1) is 5.92 Å². The molecule has 5 nitrogen and oxygen atoms in total. The van der Waals surface area contributed by atoms with Crippen LogP contribution in [0.15, 0.2) is 35.2 Å². The van der Waals surface area contributed by atoms with Crippen LogP contribution in [0.4, 0.5) is 4.79 Å². The zero-order valence-corrected chi connectivity index (χ0v) is 14.9. The molecule has 1 aliphatic carbocycles. The number of nitrogens with zero attached hydrogens (tertiary/aromatic N) is 3. The van der Waals surface area contributed by atoms with Gasteiger partial charge in [0.05, 0.1) is 23.2 Å². The molecule has 1 aromatic carbocycles. The number of hydrogen-bond acceptors (Lipinski definition) is 5. The standard InChI is InChI=1S/C19H21N3O2S/c23-19(24-11-10-14-6-2-1-3-7-14)22-17-9-5-4-8-15(17)21-18(22)16-12-25-13-20-16/h4-5,8-9,12-14H,1-3,6-7,10-11H2. The first-order valence-corrected chi connectivity index (χ1v) is 9.80. The van der Waals surface area contributed by atoms with E-state index in [0.29, 0.717) is 24.0 Å². The van der Waals surface area contributed by atoms with Crippen LogP contribution in [0.2, 0.25) is 0 Å². The minimum Gasteiger partial charge on any atom is -0.449 e. The lowest BCUT2D eigenvalue weighted by Gasteiger charge is -2.21. The van der Waals surface area contributed by atoms with Gasteiger partial charge < -0.3 is 4.74 Å². The third-order valence-electron chi connectivity index (χ3n) is 4.88. The molecular formula is C19H21N3O2S. The number of rotatable bonds is 4. The maximum Gasteiger partial charge on any atom is 0.420 e. The highest BCUT2D eigenvalue weighted by Gasteiger charge is 2.21. The van der Waals surface area contributed by atoms with Gasteiger partial charge in [-0.25, -0.2) is 19.3 Å². The highest BCUT2D eigenvalue weighted by atomic mass is 32.1. The molecule has 1 saturated carbocycles. The van der Waals surface area contributed by atoms with E-state index in [4.69, 9.17) is 4.74 Å². The van der Waals surface area contributed by atoms with E-state index >= 15 is 0 Å². The average Bonchev–Trinajstić information content (AvgIpc) is 3.30.